The highest BCUT2D eigenvalue weighted by molar-refractivity contribution is 7.68. The maximum absolute atomic E-state index is 13.8. The van der Waals surface area contributed by atoms with Crippen LogP contribution in [0.25, 0.3) is 0 Å². The molecule has 0 bridgehead atoms. The molecule has 0 unspecified atom stereocenters. The van der Waals surface area contributed by atoms with E-state index < -0.39 is 7.59 Å². The van der Waals surface area contributed by atoms with Crippen molar-refractivity contribution >= 4 is 24.7 Å². The van der Waals surface area contributed by atoms with Gasteiger partial charge < -0.3 is 15.3 Å². The highest BCUT2D eigenvalue weighted by atomic mass is 31.2. The highest BCUT2D eigenvalue weighted by Crippen LogP contribution is 2.47. The third kappa shape index (κ3) is 4.27. The Hall–Kier alpha value is -2.71. The summed E-state index contributed by atoms with van der Waals surface area (Å²) < 4.78 is 13.8. The molecule has 0 saturated carbocycles. The summed E-state index contributed by atoms with van der Waals surface area (Å²) in [6, 6.07) is 23.5. The number of nitrogens with one attached hydrogen (secondary N) is 3. The molecule has 0 aliphatic rings. The Balaban J connectivity index is 1.97. The molecule has 3 rings (SSSR count). The fraction of sp³-hybridized carbons (Fsp3) is 0.143. The van der Waals surface area contributed by atoms with Crippen molar-refractivity contribution in [2.75, 3.05) is 15.3 Å². The third-order valence-electron chi connectivity index (χ3n) is 4.27. The summed E-state index contributed by atoms with van der Waals surface area (Å²) in [5.74, 6) is 0. The Bertz CT molecular complexity index is 833. The van der Waals surface area contributed by atoms with Crippen LogP contribution in [-0.2, 0) is 4.57 Å². The van der Waals surface area contributed by atoms with E-state index in [1.54, 1.807) is 0 Å². The second-order valence-corrected chi connectivity index (χ2v) is 8.28. The average Bonchev–Trinajstić information content (AvgIpc) is 2.61. The van der Waals surface area contributed by atoms with Crippen LogP contribution in [0.5, 0.6) is 0 Å². The number of anilines is 3. The summed E-state index contributed by atoms with van der Waals surface area (Å²) in [7, 11) is -3.22. The van der Waals surface area contributed by atoms with Crippen LogP contribution in [0.15, 0.2) is 72.8 Å². The van der Waals surface area contributed by atoms with Gasteiger partial charge in [-0.3, -0.25) is 4.57 Å². The lowest BCUT2D eigenvalue weighted by atomic mass is 10.2. The molecular weight excluding hydrogens is 341 g/mol. The van der Waals surface area contributed by atoms with Gasteiger partial charge in [-0.25, -0.2) is 0 Å². The number of hydrogen-bond acceptors (Lipinski definition) is 1. The van der Waals surface area contributed by atoms with Gasteiger partial charge in [0.25, 0.3) is 0 Å². The molecule has 0 spiro atoms. The summed E-state index contributed by atoms with van der Waals surface area (Å²) >= 11 is 0. The van der Waals surface area contributed by atoms with Crippen LogP contribution >= 0.6 is 7.59 Å². The molecule has 0 heterocycles. The van der Waals surface area contributed by atoms with Crippen molar-refractivity contribution < 1.29 is 4.57 Å². The van der Waals surface area contributed by atoms with Gasteiger partial charge in [0.2, 0.25) is 0 Å². The number of benzene rings is 3. The van der Waals surface area contributed by atoms with Crippen LogP contribution in [0.2, 0.25) is 0 Å². The molecule has 0 atom stereocenters. The van der Waals surface area contributed by atoms with Crippen molar-refractivity contribution in [3.05, 3.63) is 89.5 Å². The third-order valence-corrected chi connectivity index (χ3v) is 5.94. The van der Waals surface area contributed by atoms with Gasteiger partial charge in [-0.15, -0.1) is 0 Å². The second-order valence-electron chi connectivity index (χ2n) is 6.39. The Labute approximate surface area is 155 Å². The van der Waals surface area contributed by atoms with Crippen LogP contribution in [-0.4, -0.2) is 0 Å². The van der Waals surface area contributed by atoms with Crippen molar-refractivity contribution in [3.63, 3.8) is 0 Å². The van der Waals surface area contributed by atoms with Crippen molar-refractivity contribution in [1.82, 2.24) is 0 Å². The fourth-order valence-electron chi connectivity index (χ4n) is 2.69. The monoisotopic (exact) mass is 365 g/mol. The van der Waals surface area contributed by atoms with Gasteiger partial charge in [-0.1, -0.05) is 54.6 Å². The van der Waals surface area contributed by atoms with E-state index in [-0.39, 0.29) is 0 Å². The van der Waals surface area contributed by atoms with E-state index in [4.69, 9.17) is 0 Å². The second kappa shape index (κ2) is 7.67. The van der Waals surface area contributed by atoms with Crippen molar-refractivity contribution in [2.24, 2.45) is 0 Å². The first-order valence-corrected chi connectivity index (χ1v) is 10.3. The summed E-state index contributed by atoms with van der Waals surface area (Å²) in [5.41, 5.74) is 5.59. The van der Waals surface area contributed by atoms with E-state index in [9.17, 15) is 4.57 Å². The first kappa shape index (κ1) is 18.1. The van der Waals surface area contributed by atoms with Gasteiger partial charge in [0.15, 0.2) is 0 Å². The van der Waals surface area contributed by atoms with Crippen molar-refractivity contribution in [3.8, 4) is 0 Å². The highest BCUT2D eigenvalue weighted by Gasteiger charge is 2.24. The quantitative estimate of drug-likeness (QED) is 0.445. The SMILES string of the molecule is Cc1ccccc1NP(=O)(Nc1ccccc1C)Nc1ccccc1C. The van der Waals surface area contributed by atoms with Crippen LogP contribution in [0, 0.1) is 20.8 Å². The Morgan fingerprint density at radius 3 is 1.08 bits per heavy atom. The van der Waals surface area contributed by atoms with E-state index in [0.29, 0.717) is 0 Å². The van der Waals surface area contributed by atoms with Crippen molar-refractivity contribution in [2.45, 2.75) is 20.8 Å². The van der Waals surface area contributed by atoms with Crippen LogP contribution in [0.3, 0.4) is 0 Å². The number of rotatable bonds is 6. The zero-order valence-corrected chi connectivity index (χ0v) is 16.2. The van der Waals surface area contributed by atoms with Gasteiger partial charge >= 0.3 is 7.59 Å². The predicted molar refractivity (Wildman–Crippen MR) is 112 cm³/mol. The molecule has 0 radical (unpaired) electrons. The van der Waals surface area contributed by atoms with Gasteiger partial charge in [-0.2, -0.15) is 0 Å². The zero-order chi connectivity index (χ0) is 18.6. The lowest BCUT2D eigenvalue weighted by Gasteiger charge is -2.26. The van der Waals surface area contributed by atoms with Crippen LogP contribution in [0.4, 0.5) is 17.1 Å². The predicted octanol–water partition coefficient (Wildman–Crippen LogP) is 6.36. The number of aryl methyl sites for hydroxylation is 3. The minimum Gasteiger partial charge on any atom is -0.304 e. The summed E-state index contributed by atoms with van der Waals surface area (Å²) in [5, 5.41) is 9.63. The standard InChI is InChI=1S/C21H24N3OP/c1-16-10-4-7-13-19(16)22-26(25,23-20-14-8-5-11-17(20)2)24-21-15-9-6-12-18(21)3/h4-15H,1-3H3,(H3,22,23,24,25). The molecule has 0 amide bonds. The lowest BCUT2D eigenvalue weighted by Crippen LogP contribution is -2.15. The van der Waals surface area contributed by atoms with E-state index in [2.05, 4.69) is 15.3 Å². The summed E-state index contributed by atoms with van der Waals surface area (Å²) in [6.45, 7) is 5.98. The normalized spacial score (nSPS) is 11.0. The van der Waals surface area contributed by atoms with E-state index >= 15 is 0 Å². The maximum atomic E-state index is 13.8. The maximum Gasteiger partial charge on any atom is 0.352 e. The largest absolute Gasteiger partial charge is 0.352 e. The molecule has 26 heavy (non-hydrogen) atoms. The molecule has 5 heteroatoms. The van der Waals surface area contributed by atoms with Gasteiger partial charge in [0.05, 0.1) is 0 Å². The average molecular weight is 365 g/mol. The molecular formula is C21H24N3OP. The Morgan fingerprint density at radius 1 is 0.538 bits per heavy atom. The number of hydrogen-bond donors (Lipinski definition) is 3. The topological polar surface area (TPSA) is 53.2 Å². The van der Waals surface area contributed by atoms with E-state index in [1.165, 1.54) is 0 Å². The van der Waals surface area contributed by atoms with Crippen LogP contribution < -0.4 is 15.3 Å². The van der Waals surface area contributed by atoms with E-state index in [0.717, 1.165) is 33.8 Å². The molecule has 3 aromatic carbocycles. The summed E-state index contributed by atoms with van der Waals surface area (Å²) in [4.78, 5) is 0. The van der Waals surface area contributed by atoms with Gasteiger partial charge in [0, 0.05) is 17.1 Å². The zero-order valence-electron chi connectivity index (χ0n) is 15.3. The Morgan fingerprint density at radius 2 is 0.808 bits per heavy atom. The molecule has 3 N–H and O–H groups in total. The lowest BCUT2D eigenvalue weighted by molar-refractivity contribution is 0.585. The van der Waals surface area contributed by atoms with E-state index in [1.807, 2.05) is 93.6 Å². The fourth-order valence-corrected chi connectivity index (χ4v) is 4.63. The molecule has 0 fully saturated rings. The van der Waals surface area contributed by atoms with Crippen molar-refractivity contribution in [1.29, 1.82) is 0 Å². The first-order chi connectivity index (χ1) is 12.5. The molecule has 0 saturated heterocycles. The minimum absolute atomic E-state index is 0.831. The summed E-state index contributed by atoms with van der Waals surface area (Å²) in [6.07, 6.45) is 0. The molecule has 0 aliphatic carbocycles. The van der Waals surface area contributed by atoms with Crippen LogP contribution in [0.1, 0.15) is 16.7 Å². The van der Waals surface area contributed by atoms with Gasteiger partial charge in [-0.05, 0) is 55.7 Å². The Kier molecular flexibility index (Phi) is 5.34. The smallest absolute Gasteiger partial charge is 0.304 e. The molecule has 0 aromatic heterocycles. The number of para-hydroxylation sites is 3. The molecule has 0 aliphatic heterocycles. The minimum atomic E-state index is -3.22. The molecule has 134 valence electrons. The molecule has 3 aromatic rings. The molecule has 4 nitrogen and oxygen atoms in total. The first-order valence-electron chi connectivity index (χ1n) is 8.59. The van der Waals surface area contributed by atoms with Gasteiger partial charge in [0.1, 0.15) is 0 Å².